The Bertz CT molecular complexity index is 392. The van der Waals surface area contributed by atoms with Gasteiger partial charge in [0.1, 0.15) is 18.0 Å². The molecule has 0 bridgehead atoms. The normalized spacial score (nSPS) is 10.9. The van der Waals surface area contributed by atoms with E-state index in [1.165, 1.54) is 19.3 Å². The van der Waals surface area contributed by atoms with Crippen LogP contribution in [-0.2, 0) is 6.42 Å². The van der Waals surface area contributed by atoms with Gasteiger partial charge in [0.15, 0.2) is 0 Å². The highest BCUT2D eigenvalue weighted by atomic mass is 15.3. The summed E-state index contributed by atoms with van der Waals surface area (Å²) < 4.78 is 0. The van der Waals surface area contributed by atoms with Crippen LogP contribution < -0.4 is 16.2 Å². The molecular formula is C15H29N5. The van der Waals surface area contributed by atoms with Gasteiger partial charge in [-0.3, -0.25) is 0 Å². The summed E-state index contributed by atoms with van der Waals surface area (Å²) in [6.07, 6.45) is 7.25. The number of hydrogen-bond acceptors (Lipinski definition) is 5. The Morgan fingerprint density at radius 2 is 1.95 bits per heavy atom. The van der Waals surface area contributed by atoms with Crippen LogP contribution in [0.2, 0.25) is 0 Å². The molecular weight excluding hydrogens is 250 g/mol. The van der Waals surface area contributed by atoms with Gasteiger partial charge in [0.25, 0.3) is 0 Å². The molecule has 0 aliphatic carbocycles. The van der Waals surface area contributed by atoms with Crippen molar-refractivity contribution < 1.29 is 0 Å². The van der Waals surface area contributed by atoms with Crippen molar-refractivity contribution in [2.45, 2.75) is 65.8 Å². The molecule has 114 valence electrons. The van der Waals surface area contributed by atoms with Crippen molar-refractivity contribution in [1.82, 2.24) is 9.97 Å². The molecule has 0 spiro atoms. The standard InChI is InChI=1S/C15H29N5/c1-5-7-8-10-20(12(3)4)15-13(9-6-2)14(19-16)17-11-18-15/h11-12H,5-10,16H2,1-4H3,(H,17,18,19). The van der Waals surface area contributed by atoms with Crippen LogP contribution in [0.5, 0.6) is 0 Å². The second kappa shape index (κ2) is 8.74. The number of hydrogen-bond donors (Lipinski definition) is 2. The van der Waals surface area contributed by atoms with Gasteiger partial charge in [0.2, 0.25) is 0 Å². The molecule has 1 heterocycles. The molecule has 1 aromatic rings. The van der Waals surface area contributed by atoms with Gasteiger partial charge in [-0.25, -0.2) is 15.8 Å². The Labute approximate surface area is 123 Å². The molecule has 1 aromatic heterocycles. The van der Waals surface area contributed by atoms with E-state index in [2.05, 4.69) is 48.0 Å². The zero-order valence-electron chi connectivity index (χ0n) is 13.3. The number of nitrogens with two attached hydrogens (primary N) is 1. The molecule has 0 saturated heterocycles. The summed E-state index contributed by atoms with van der Waals surface area (Å²) in [5, 5.41) is 0. The van der Waals surface area contributed by atoms with Gasteiger partial charge < -0.3 is 10.3 Å². The van der Waals surface area contributed by atoms with Gasteiger partial charge in [0.05, 0.1) is 0 Å². The lowest BCUT2D eigenvalue weighted by atomic mass is 10.1. The van der Waals surface area contributed by atoms with Gasteiger partial charge in [0, 0.05) is 18.2 Å². The predicted molar refractivity (Wildman–Crippen MR) is 85.8 cm³/mol. The van der Waals surface area contributed by atoms with Crippen LogP contribution in [0, 0.1) is 0 Å². The molecule has 1 rings (SSSR count). The number of hydrazine groups is 1. The molecule has 0 unspecified atom stereocenters. The van der Waals surface area contributed by atoms with E-state index in [0.29, 0.717) is 6.04 Å². The number of rotatable bonds is 9. The predicted octanol–water partition coefficient (Wildman–Crippen LogP) is 3.12. The highest BCUT2D eigenvalue weighted by Gasteiger charge is 2.18. The fraction of sp³-hybridized carbons (Fsp3) is 0.733. The van der Waals surface area contributed by atoms with E-state index in [1.807, 2.05) is 0 Å². The lowest BCUT2D eigenvalue weighted by Crippen LogP contribution is -2.34. The lowest BCUT2D eigenvalue weighted by Gasteiger charge is -2.30. The summed E-state index contributed by atoms with van der Waals surface area (Å²) in [7, 11) is 0. The molecule has 0 atom stereocenters. The van der Waals surface area contributed by atoms with E-state index < -0.39 is 0 Å². The first kappa shape index (κ1) is 16.7. The highest BCUT2D eigenvalue weighted by Crippen LogP contribution is 2.26. The van der Waals surface area contributed by atoms with Crippen molar-refractivity contribution in [2.75, 3.05) is 16.9 Å². The van der Waals surface area contributed by atoms with Gasteiger partial charge in [-0.15, -0.1) is 0 Å². The van der Waals surface area contributed by atoms with E-state index in [-0.39, 0.29) is 0 Å². The summed E-state index contributed by atoms with van der Waals surface area (Å²) >= 11 is 0. The average Bonchev–Trinajstić information content (AvgIpc) is 2.44. The lowest BCUT2D eigenvalue weighted by molar-refractivity contribution is 0.616. The second-order valence-corrected chi connectivity index (χ2v) is 5.41. The largest absolute Gasteiger partial charge is 0.354 e. The molecule has 0 aliphatic heterocycles. The Hall–Kier alpha value is -1.36. The minimum atomic E-state index is 0.419. The monoisotopic (exact) mass is 279 g/mol. The number of aromatic nitrogens is 2. The molecule has 5 heteroatoms. The third kappa shape index (κ3) is 4.34. The summed E-state index contributed by atoms with van der Waals surface area (Å²) in [4.78, 5) is 11.1. The number of unbranched alkanes of at least 4 members (excludes halogenated alkanes) is 2. The molecule has 0 radical (unpaired) electrons. The van der Waals surface area contributed by atoms with Crippen LogP contribution in [0.15, 0.2) is 6.33 Å². The van der Waals surface area contributed by atoms with Crippen LogP contribution >= 0.6 is 0 Å². The zero-order valence-corrected chi connectivity index (χ0v) is 13.3. The Morgan fingerprint density at radius 3 is 2.50 bits per heavy atom. The first-order chi connectivity index (χ1) is 9.65. The smallest absolute Gasteiger partial charge is 0.148 e. The number of nitrogen functional groups attached to an aromatic ring is 1. The van der Waals surface area contributed by atoms with Crippen molar-refractivity contribution >= 4 is 11.6 Å². The van der Waals surface area contributed by atoms with E-state index in [4.69, 9.17) is 5.84 Å². The maximum Gasteiger partial charge on any atom is 0.148 e. The third-order valence-corrected chi connectivity index (χ3v) is 3.46. The van der Waals surface area contributed by atoms with Crippen LogP contribution in [0.25, 0.3) is 0 Å². The summed E-state index contributed by atoms with van der Waals surface area (Å²) in [5.74, 6) is 7.37. The Morgan fingerprint density at radius 1 is 1.20 bits per heavy atom. The fourth-order valence-electron chi connectivity index (χ4n) is 2.40. The van der Waals surface area contributed by atoms with Crippen LogP contribution in [0.3, 0.4) is 0 Å². The molecule has 5 nitrogen and oxygen atoms in total. The first-order valence-corrected chi connectivity index (χ1v) is 7.72. The topological polar surface area (TPSA) is 67.1 Å². The minimum absolute atomic E-state index is 0.419. The van der Waals surface area contributed by atoms with Crippen LogP contribution in [0.4, 0.5) is 11.6 Å². The molecule has 20 heavy (non-hydrogen) atoms. The van der Waals surface area contributed by atoms with Gasteiger partial charge in [-0.1, -0.05) is 33.1 Å². The van der Waals surface area contributed by atoms with Crippen LogP contribution in [0.1, 0.15) is 58.9 Å². The number of nitrogens with one attached hydrogen (secondary N) is 1. The first-order valence-electron chi connectivity index (χ1n) is 7.72. The summed E-state index contributed by atoms with van der Waals surface area (Å²) in [6.45, 7) is 9.83. The van der Waals surface area contributed by atoms with E-state index in [1.54, 1.807) is 6.33 Å². The summed E-state index contributed by atoms with van der Waals surface area (Å²) in [6, 6.07) is 0.419. The number of anilines is 2. The maximum absolute atomic E-state index is 5.59. The Kier molecular flexibility index (Phi) is 7.30. The molecule has 0 saturated carbocycles. The molecule has 0 fully saturated rings. The molecule has 0 amide bonds. The fourth-order valence-corrected chi connectivity index (χ4v) is 2.40. The molecule has 3 N–H and O–H groups in total. The number of nitrogens with zero attached hydrogens (tertiary/aromatic N) is 3. The third-order valence-electron chi connectivity index (χ3n) is 3.46. The van der Waals surface area contributed by atoms with Gasteiger partial charge >= 0.3 is 0 Å². The van der Waals surface area contributed by atoms with Gasteiger partial charge in [-0.2, -0.15) is 0 Å². The highest BCUT2D eigenvalue weighted by molar-refractivity contribution is 5.58. The maximum atomic E-state index is 5.59. The molecule has 0 aliphatic rings. The Balaban J connectivity index is 3.04. The SMILES string of the molecule is CCCCCN(c1ncnc(NN)c1CCC)C(C)C. The minimum Gasteiger partial charge on any atom is -0.354 e. The van der Waals surface area contributed by atoms with E-state index >= 15 is 0 Å². The van der Waals surface area contributed by atoms with E-state index in [0.717, 1.165) is 36.6 Å². The van der Waals surface area contributed by atoms with Crippen molar-refractivity contribution in [2.24, 2.45) is 5.84 Å². The molecule has 0 aromatic carbocycles. The quantitative estimate of drug-likeness (QED) is 0.413. The van der Waals surface area contributed by atoms with Crippen LogP contribution in [-0.4, -0.2) is 22.6 Å². The van der Waals surface area contributed by atoms with Crippen molar-refractivity contribution in [3.63, 3.8) is 0 Å². The van der Waals surface area contributed by atoms with E-state index in [9.17, 15) is 0 Å². The second-order valence-electron chi connectivity index (χ2n) is 5.41. The van der Waals surface area contributed by atoms with Crippen molar-refractivity contribution in [3.05, 3.63) is 11.9 Å². The van der Waals surface area contributed by atoms with Gasteiger partial charge in [-0.05, 0) is 26.7 Å². The summed E-state index contributed by atoms with van der Waals surface area (Å²) in [5.41, 5.74) is 3.83. The zero-order chi connectivity index (χ0) is 15.0. The van der Waals surface area contributed by atoms with Crippen molar-refractivity contribution in [1.29, 1.82) is 0 Å². The van der Waals surface area contributed by atoms with Crippen molar-refractivity contribution in [3.8, 4) is 0 Å². The average molecular weight is 279 g/mol.